The Morgan fingerprint density at radius 3 is 2.53 bits per heavy atom. The Morgan fingerprint density at radius 1 is 1.16 bits per heavy atom. The molecule has 0 N–H and O–H groups in total. The van der Waals surface area contributed by atoms with Gasteiger partial charge < -0.3 is 4.55 Å². The summed E-state index contributed by atoms with van der Waals surface area (Å²) < 4.78 is 33.2. The standard InChI is InChI=1S/C15H12O3S/c1-3-12-5-4-6-13(9-12)15-10-14(19(16,17)18)8-7-11(15)2/h1,4-10H,2H3,(H,16,17,18)/p-1. The van der Waals surface area contributed by atoms with E-state index in [1.165, 1.54) is 12.1 Å². The van der Waals surface area contributed by atoms with Crippen LogP contribution in [0.15, 0.2) is 47.4 Å². The average Bonchev–Trinajstić information content (AvgIpc) is 2.38. The average molecular weight is 271 g/mol. The van der Waals surface area contributed by atoms with E-state index in [0.29, 0.717) is 11.1 Å². The number of benzene rings is 2. The number of terminal acetylenes is 1. The van der Waals surface area contributed by atoms with Crippen LogP contribution in [0.2, 0.25) is 0 Å². The van der Waals surface area contributed by atoms with Gasteiger partial charge in [0.1, 0.15) is 10.1 Å². The van der Waals surface area contributed by atoms with Gasteiger partial charge in [0.2, 0.25) is 0 Å². The minimum Gasteiger partial charge on any atom is -0.744 e. The Hall–Kier alpha value is -2.09. The van der Waals surface area contributed by atoms with Crippen LogP contribution >= 0.6 is 0 Å². The molecule has 3 nitrogen and oxygen atoms in total. The van der Waals surface area contributed by atoms with Crippen LogP contribution < -0.4 is 0 Å². The highest BCUT2D eigenvalue weighted by Crippen LogP contribution is 2.26. The lowest BCUT2D eigenvalue weighted by molar-refractivity contribution is 0.463. The Labute approximate surface area is 112 Å². The second kappa shape index (κ2) is 4.88. The molecule has 0 amide bonds. The van der Waals surface area contributed by atoms with E-state index >= 15 is 0 Å². The first kappa shape index (κ1) is 13.3. The van der Waals surface area contributed by atoms with Gasteiger partial charge in [0.05, 0.1) is 4.90 Å². The van der Waals surface area contributed by atoms with E-state index in [9.17, 15) is 13.0 Å². The molecule has 2 rings (SSSR count). The summed E-state index contributed by atoms with van der Waals surface area (Å²) in [6, 6.07) is 11.5. The minimum absolute atomic E-state index is 0.237. The monoisotopic (exact) mass is 271 g/mol. The van der Waals surface area contributed by atoms with Crippen LogP contribution in [0, 0.1) is 19.3 Å². The zero-order chi connectivity index (χ0) is 14.0. The molecular formula is C15H11O3S-. The molecule has 0 atom stereocenters. The molecule has 0 aliphatic heterocycles. The van der Waals surface area contributed by atoms with Crippen molar-refractivity contribution in [3.63, 3.8) is 0 Å². The second-order valence-electron chi connectivity index (χ2n) is 4.16. The summed E-state index contributed by atoms with van der Waals surface area (Å²) in [7, 11) is -4.46. The fourth-order valence-corrected chi connectivity index (χ4v) is 2.34. The maximum absolute atomic E-state index is 11.1. The van der Waals surface area contributed by atoms with Crippen LogP contribution in [0.25, 0.3) is 11.1 Å². The molecule has 0 bridgehead atoms. The first-order valence-electron chi connectivity index (χ1n) is 5.55. The van der Waals surface area contributed by atoms with Gasteiger partial charge >= 0.3 is 0 Å². The third-order valence-corrected chi connectivity index (χ3v) is 3.67. The molecule has 0 aliphatic rings. The Kier molecular flexibility index (Phi) is 3.43. The van der Waals surface area contributed by atoms with Gasteiger partial charge in [-0.1, -0.05) is 24.1 Å². The lowest BCUT2D eigenvalue weighted by Gasteiger charge is -2.12. The third-order valence-electron chi connectivity index (χ3n) is 2.84. The maximum atomic E-state index is 11.1. The van der Waals surface area contributed by atoms with Crippen molar-refractivity contribution in [3.8, 4) is 23.5 Å². The van der Waals surface area contributed by atoms with Gasteiger partial charge in [0.25, 0.3) is 0 Å². The summed E-state index contributed by atoms with van der Waals surface area (Å²) in [4.78, 5) is -0.237. The molecule has 19 heavy (non-hydrogen) atoms. The van der Waals surface area contributed by atoms with Crippen molar-refractivity contribution in [2.75, 3.05) is 0 Å². The quantitative estimate of drug-likeness (QED) is 0.623. The summed E-state index contributed by atoms with van der Waals surface area (Å²) in [5.74, 6) is 2.52. The van der Waals surface area contributed by atoms with Crippen molar-refractivity contribution in [1.82, 2.24) is 0 Å². The Bertz CT molecular complexity index is 768. The van der Waals surface area contributed by atoms with Crippen molar-refractivity contribution < 1.29 is 13.0 Å². The fourth-order valence-electron chi connectivity index (χ4n) is 1.84. The van der Waals surface area contributed by atoms with Gasteiger partial charge in [-0.05, 0) is 47.9 Å². The van der Waals surface area contributed by atoms with E-state index in [-0.39, 0.29) is 4.90 Å². The summed E-state index contributed by atoms with van der Waals surface area (Å²) in [6.07, 6.45) is 5.34. The minimum atomic E-state index is -4.46. The van der Waals surface area contributed by atoms with Gasteiger partial charge in [-0.2, -0.15) is 0 Å². The van der Waals surface area contributed by atoms with Gasteiger partial charge in [-0.3, -0.25) is 0 Å². The largest absolute Gasteiger partial charge is 0.744 e. The topological polar surface area (TPSA) is 57.2 Å². The third kappa shape index (κ3) is 2.84. The van der Waals surface area contributed by atoms with E-state index in [1.807, 2.05) is 13.0 Å². The Morgan fingerprint density at radius 2 is 1.89 bits per heavy atom. The summed E-state index contributed by atoms with van der Waals surface area (Å²) in [5.41, 5.74) is 3.06. The predicted octanol–water partition coefficient (Wildman–Crippen LogP) is 2.55. The van der Waals surface area contributed by atoms with Crippen LogP contribution in [-0.2, 0) is 10.1 Å². The van der Waals surface area contributed by atoms with Crippen molar-refractivity contribution in [2.45, 2.75) is 11.8 Å². The van der Waals surface area contributed by atoms with Crippen LogP contribution in [0.1, 0.15) is 11.1 Å². The lowest BCUT2D eigenvalue weighted by Crippen LogP contribution is -1.99. The zero-order valence-corrected chi connectivity index (χ0v) is 11.1. The number of aryl methyl sites for hydroxylation is 1. The lowest BCUT2D eigenvalue weighted by atomic mass is 9.99. The first-order chi connectivity index (χ1) is 8.91. The molecule has 0 aromatic heterocycles. The summed E-state index contributed by atoms with van der Waals surface area (Å²) >= 11 is 0. The van der Waals surface area contributed by atoms with E-state index < -0.39 is 10.1 Å². The number of hydrogen-bond acceptors (Lipinski definition) is 3. The van der Waals surface area contributed by atoms with Gasteiger partial charge in [0.15, 0.2) is 0 Å². The molecule has 0 saturated carbocycles. The number of hydrogen-bond donors (Lipinski definition) is 0. The van der Waals surface area contributed by atoms with Gasteiger partial charge in [-0.25, -0.2) is 8.42 Å². The fraction of sp³-hybridized carbons (Fsp3) is 0.0667. The highest BCUT2D eigenvalue weighted by atomic mass is 32.2. The predicted molar refractivity (Wildman–Crippen MR) is 72.5 cm³/mol. The maximum Gasteiger partial charge on any atom is 0.124 e. The molecular weight excluding hydrogens is 260 g/mol. The SMILES string of the molecule is C#Cc1cccc(-c2cc(S(=O)(=O)[O-])ccc2C)c1. The van der Waals surface area contributed by atoms with E-state index in [2.05, 4.69) is 5.92 Å². The van der Waals surface area contributed by atoms with E-state index in [4.69, 9.17) is 6.42 Å². The molecule has 96 valence electrons. The van der Waals surface area contributed by atoms with Crippen molar-refractivity contribution >= 4 is 10.1 Å². The molecule has 0 radical (unpaired) electrons. The molecule has 2 aromatic carbocycles. The summed E-state index contributed by atoms with van der Waals surface area (Å²) in [6.45, 7) is 1.85. The smallest absolute Gasteiger partial charge is 0.124 e. The highest BCUT2D eigenvalue weighted by molar-refractivity contribution is 7.85. The van der Waals surface area contributed by atoms with Crippen molar-refractivity contribution in [3.05, 3.63) is 53.6 Å². The highest BCUT2D eigenvalue weighted by Gasteiger charge is 2.07. The number of rotatable bonds is 2. The van der Waals surface area contributed by atoms with Crippen LogP contribution in [0.4, 0.5) is 0 Å². The molecule has 0 aliphatic carbocycles. The van der Waals surface area contributed by atoms with Gasteiger partial charge in [0, 0.05) is 5.56 Å². The van der Waals surface area contributed by atoms with Crippen LogP contribution in [-0.4, -0.2) is 13.0 Å². The van der Waals surface area contributed by atoms with Crippen LogP contribution in [0.5, 0.6) is 0 Å². The van der Waals surface area contributed by atoms with E-state index in [0.717, 1.165) is 11.1 Å². The second-order valence-corrected chi connectivity index (χ2v) is 5.54. The summed E-state index contributed by atoms with van der Waals surface area (Å²) in [5, 5.41) is 0. The van der Waals surface area contributed by atoms with Gasteiger partial charge in [-0.15, -0.1) is 6.42 Å². The molecule has 0 spiro atoms. The first-order valence-corrected chi connectivity index (χ1v) is 6.96. The van der Waals surface area contributed by atoms with Crippen molar-refractivity contribution in [1.29, 1.82) is 0 Å². The molecule has 2 aromatic rings. The normalized spacial score (nSPS) is 11.0. The molecule has 0 unspecified atom stereocenters. The Balaban J connectivity index is 2.65. The molecule has 0 saturated heterocycles. The molecule has 0 heterocycles. The van der Waals surface area contributed by atoms with Crippen molar-refractivity contribution in [2.24, 2.45) is 0 Å². The van der Waals surface area contributed by atoms with Crippen LogP contribution in [0.3, 0.4) is 0 Å². The molecule has 4 heteroatoms. The zero-order valence-electron chi connectivity index (χ0n) is 10.3. The molecule has 0 fully saturated rings. The van der Waals surface area contributed by atoms with E-state index in [1.54, 1.807) is 24.3 Å².